The SMILES string of the molecule is C=CC(=O)NCCCC[C@H](NC(=O)OCc1ccccc1)C(=O)N1CCN(C(=O)[C@@H](CC(C)C)NC(=O)c2cccc3ccccc23)CC1. The number of piperazine rings is 1. The van der Waals surface area contributed by atoms with Crippen LogP contribution in [0.1, 0.15) is 55.5 Å². The predicted octanol–water partition coefficient (Wildman–Crippen LogP) is 4.42. The van der Waals surface area contributed by atoms with Crippen LogP contribution in [0.25, 0.3) is 10.8 Å². The molecule has 2 atom stereocenters. The molecule has 0 aliphatic carbocycles. The quantitative estimate of drug-likeness (QED) is 0.162. The lowest BCUT2D eigenvalue weighted by atomic mass is 10.00. The number of benzene rings is 3. The van der Waals surface area contributed by atoms with Gasteiger partial charge in [-0.2, -0.15) is 0 Å². The third-order valence-corrected chi connectivity index (χ3v) is 8.45. The smallest absolute Gasteiger partial charge is 0.408 e. The van der Waals surface area contributed by atoms with Crippen molar-refractivity contribution in [2.75, 3.05) is 32.7 Å². The molecule has 1 heterocycles. The molecular weight excluding hydrogens is 622 g/mol. The second-order valence-electron chi connectivity index (χ2n) is 12.6. The molecule has 1 aliphatic heterocycles. The Hall–Kier alpha value is -5.19. The topological polar surface area (TPSA) is 137 Å². The van der Waals surface area contributed by atoms with E-state index in [4.69, 9.17) is 4.74 Å². The molecular formula is C38H47N5O6. The number of hydrogen-bond donors (Lipinski definition) is 3. The second kappa shape index (κ2) is 18.4. The molecule has 260 valence electrons. The molecule has 3 N–H and O–H groups in total. The maximum Gasteiger partial charge on any atom is 0.408 e. The third kappa shape index (κ3) is 10.9. The summed E-state index contributed by atoms with van der Waals surface area (Å²) in [6.45, 7) is 9.08. The lowest BCUT2D eigenvalue weighted by Gasteiger charge is -2.38. The van der Waals surface area contributed by atoms with E-state index in [0.717, 1.165) is 16.3 Å². The molecule has 49 heavy (non-hydrogen) atoms. The molecule has 0 bridgehead atoms. The maximum absolute atomic E-state index is 13.8. The van der Waals surface area contributed by atoms with Gasteiger partial charge in [0.05, 0.1) is 0 Å². The van der Waals surface area contributed by atoms with E-state index < -0.39 is 18.2 Å². The zero-order valence-corrected chi connectivity index (χ0v) is 28.4. The van der Waals surface area contributed by atoms with Crippen LogP contribution >= 0.6 is 0 Å². The summed E-state index contributed by atoms with van der Waals surface area (Å²) in [5, 5.41) is 10.2. The monoisotopic (exact) mass is 669 g/mol. The largest absolute Gasteiger partial charge is 0.445 e. The molecule has 11 nitrogen and oxygen atoms in total. The first-order valence-electron chi connectivity index (χ1n) is 16.9. The van der Waals surface area contributed by atoms with Gasteiger partial charge in [-0.1, -0.05) is 87.2 Å². The number of unbranched alkanes of at least 4 members (excludes halogenated alkanes) is 1. The third-order valence-electron chi connectivity index (χ3n) is 8.45. The molecule has 0 unspecified atom stereocenters. The fourth-order valence-electron chi connectivity index (χ4n) is 5.86. The molecule has 4 rings (SSSR count). The maximum atomic E-state index is 13.8. The van der Waals surface area contributed by atoms with Gasteiger partial charge in [-0.25, -0.2) is 4.79 Å². The van der Waals surface area contributed by atoms with E-state index in [2.05, 4.69) is 22.5 Å². The van der Waals surface area contributed by atoms with Crippen LogP contribution in [0.2, 0.25) is 0 Å². The van der Waals surface area contributed by atoms with Crippen LogP contribution in [-0.2, 0) is 25.7 Å². The van der Waals surface area contributed by atoms with Crippen molar-refractivity contribution in [3.05, 3.63) is 96.6 Å². The summed E-state index contributed by atoms with van der Waals surface area (Å²) in [5.41, 5.74) is 1.34. The van der Waals surface area contributed by atoms with E-state index >= 15 is 0 Å². The van der Waals surface area contributed by atoms with Gasteiger partial charge in [-0.05, 0) is 60.1 Å². The minimum Gasteiger partial charge on any atom is -0.445 e. The molecule has 3 aromatic rings. The van der Waals surface area contributed by atoms with E-state index in [1.165, 1.54) is 6.08 Å². The summed E-state index contributed by atoms with van der Waals surface area (Å²) < 4.78 is 5.39. The van der Waals surface area contributed by atoms with Gasteiger partial charge in [-0.3, -0.25) is 19.2 Å². The summed E-state index contributed by atoms with van der Waals surface area (Å²) in [6.07, 6.45) is 2.49. The highest BCUT2D eigenvalue weighted by Gasteiger charge is 2.33. The highest BCUT2D eigenvalue weighted by Crippen LogP contribution is 2.20. The van der Waals surface area contributed by atoms with Crippen molar-refractivity contribution in [2.45, 2.75) is 58.2 Å². The number of hydrogen-bond acceptors (Lipinski definition) is 6. The number of alkyl carbamates (subject to hydrolysis) is 1. The van der Waals surface area contributed by atoms with E-state index in [1.54, 1.807) is 15.9 Å². The van der Waals surface area contributed by atoms with Crippen molar-refractivity contribution in [2.24, 2.45) is 5.92 Å². The van der Waals surface area contributed by atoms with Crippen molar-refractivity contribution >= 4 is 40.5 Å². The molecule has 1 fully saturated rings. The Morgan fingerprint density at radius 3 is 2.10 bits per heavy atom. The van der Waals surface area contributed by atoms with E-state index in [-0.39, 0.29) is 49.2 Å². The number of nitrogens with zero attached hydrogens (tertiary/aromatic N) is 2. The summed E-state index contributed by atoms with van der Waals surface area (Å²) in [5.74, 6) is -0.867. The summed E-state index contributed by atoms with van der Waals surface area (Å²) in [7, 11) is 0. The number of rotatable bonds is 15. The van der Waals surface area contributed by atoms with Crippen LogP contribution in [0.4, 0.5) is 4.79 Å². The standard InChI is InChI=1S/C38H47N5O6/c1-4-34(44)39-20-11-10-19-32(41-38(48)49-26-28-13-6-5-7-14-28)36(46)42-21-23-43(24-22-42)37(47)33(25-27(2)3)40-35(45)31-18-12-16-29-15-8-9-17-30(29)31/h4-9,12-18,27,32-33H,1,10-11,19-26H2,2-3H3,(H,39,44)(H,40,45)(H,41,48)/t32-,33+/m0/s1. The van der Waals surface area contributed by atoms with Gasteiger partial charge >= 0.3 is 6.09 Å². The normalized spacial score (nSPS) is 14.1. The first-order chi connectivity index (χ1) is 23.7. The molecule has 0 saturated carbocycles. The van der Waals surface area contributed by atoms with E-state index in [1.807, 2.05) is 80.6 Å². The number of amides is 5. The van der Waals surface area contributed by atoms with Gasteiger partial charge in [0.2, 0.25) is 17.7 Å². The van der Waals surface area contributed by atoms with Crippen LogP contribution in [0.5, 0.6) is 0 Å². The average Bonchev–Trinajstić information content (AvgIpc) is 3.12. The minimum atomic E-state index is -0.839. The van der Waals surface area contributed by atoms with Gasteiger partial charge < -0.3 is 30.5 Å². The summed E-state index contributed by atoms with van der Waals surface area (Å²) in [4.78, 5) is 68.5. The predicted molar refractivity (Wildman–Crippen MR) is 188 cm³/mol. The van der Waals surface area contributed by atoms with Crippen LogP contribution in [-0.4, -0.2) is 84.3 Å². The van der Waals surface area contributed by atoms with E-state index in [0.29, 0.717) is 50.9 Å². The first kappa shape index (κ1) is 36.6. The van der Waals surface area contributed by atoms with Gasteiger partial charge in [0.25, 0.3) is 5.91 Å². The van der Waals surface area contributed by atoms with Crippen molar-refractivity contribution < 1.29 is 28.7 Å². The molecule has 5 amide bonds. The van der Waals surface area contributed by atoms with Gasteiger partial charge in [0.15, 0.2) is 0 Å². The highest BCUT2D eigenvalue weighted by atomic mass is 16.5. The fraction of sp³-hybridized carbons (Fsp3) is 0.395. The van der Waals surface area contributed by atoms with Gasteiger partial charge in [0, 0.05) is 38.3 Å². The highest BCUT2D eigenvalue weighted by molar-refractivity contribution is 6.08. The van der Waals surface area contributed by atoms with Crippen LogP contribution < -0.4 is 16.0 Å². The van der Waals surface area contributed by atoms with Crippen molar-refractivity contribution in [1.29, 1.82) is 0 Å². The van der Waals surface area contributed by atoms with Crippen molar-refractivity contribution in [3.8, 4) is 0 Å². The van der Waals surface area contributed by atoms with Crippen LogP contribution in [0.3, 0.4) is 0 Å². The molecule has 1 saturated heterocycles. The Kier molecular flexibility index (Phi) is 13.7. The van der Waals surface area contributed by atoms with Crippen molar-refractivity contribution in [1.82, 2.24) is 25.8 Å². The Morgan fingerprint density at radius 2 is 1.43 bits per heavy atom. The Morgan fingerprint density at radius 1 is 0.796 bits per heavy atom. The first-order valence-corrected chi connectivity index (χ1v) is 16.9. The number of nitrogens with one attached hydrogen (secondary N) is 3. The molecule has 11 heteroatoms. The summed E-state index contributed by atoms with van der Waals surface area (Å²) >= 11 is 0. The average molecular weight is 670 g/mol. The van der Waals surface area contributed by atoms with Gasteiger partial charge in [-0.15, -0.1) is 0 Å². The number of fused-ring (bicyclic) bond motifs is 1. The lowest BCUT2D eigenvalue weighted by Crippen LogP contribution is -2.58. The minimum absolute atomic E-state index is 0.0660. The molecule has 0 aromatic heterocycles. The fourth-order valence-corrected chi connectivity index (χ4v) is 5.86. The number of carbonyl (C=O) groups excluding carboxylic acids is 5. The number of ether oxygens (including phenoxy) is 1. The van der Waals surface area contributed by atoms with E-state index in [9.17, 15) is 24.0 Å². The van der Waals surface area contributed by atoms with Crippen LogP contribution in [0.15, 0.2) is 85.5 Å². The zero-order valence-electron chi connectivity index (χ0n) is 28.4. The second-order valence-corrected chi connectivity index (χ2v) is 12.6. The Balaban J connectivity index is 1.36. The molecule has 0 radical (unpaired) electrons. The zero-order chi connectivity index (χ0) is 35.2. The Labute approximate surface area is 288 Å². The number of carbonyl (C=O) groups is 5. The lowest BCUT2D eigenvalue weighted by molar-refractivity contribution is -0.142. The summed E-state index contributed by atoms with van der Waals surface area (Å²) in [6, 6.07) is 20.9. The molecule has 1 aliphatic rings. The Bertz CT molecular complexity index is 1600. The van der Waals surface area contributed by atoms with Crippen LogP contribution in [0, 0.1) is 5.92 Å². The molecule has 3 aromatic carbocycles. The molecule has 0 spiro atoms. The van der Waals surface area contributed by atoms with Crippen molar-refractivity contribution in [3.63, 3.8) is 0 Å². The van der Waals surface area contributed by atoms with Gasteiger partial charge in [0.1, 0.15) is 18.7 Å².